The van der Waals surface area contributed by atoms with Crippen LogP contribution in [0.1, 0.15) is 16.2 Å². The third kappa shape index (κ3) is 2.68. The summed E-state index contributed by atoms with van der Waals surface area (Å²) in [5, 5.41) is 9.66. The summed E-state index contributed by atoms with van der Waals surface area (Å²) in [6, 6.07) is 12.1. The maximum Gasteiger partial charge on any atom is 0.352 e. The smallest absolute Gasteiger partial charge is 0.352 e. The van der Waals surface area contributed by atoms with Gasteiger partial charge in [-0.25, -0.2) is 9.78 Å². The van der Waals surface area contributed by atoms with Gasteiger partial charge in [0.05, 0.1) is 10.7 Å². The van der Waals surface area contributed by atoms with Crippen molar-refractivity contribution in [3.8, 4) is 5.75 Å². The molecule has 0 aliphatic rings. The van der Waals surface area contributed by atoms with Crippen LogP contribution >= 0.6 is 11.6 Å². The number of pyridine rings is 1. The average Bonchev–Trinajstić information content (AvgIpc) is 2.88. The normalized spacial score (nSPS) is 10.7. The second-order valence-electron chi connectivity index (χ2n) is 4.40. The summed E-state index contributed by atoms with van der Waals surface area (Å²) in [6.45, 7) is 0.213. The Kier molecular flexibility index (Phi) is 3.50. The zero-order valence-electron chi connectivity index (χ0n) is 10.9. The van der Waals surface area contributed by atoms with E-state index >= 15 is 0 Å². The molecule has 0 aliphatic heterocycles. The zero-order chi connectivity index (χ0) is 14.8. The molecule has 0 amide bonds. The van der Waals surface area contributed by atoms with Gasteiger partial charge in [0.25, 0.3) is 0 Å². The molecule has 1 N–H and O–H groups in total. The van der Waals surface area contributed by atoms with Crippen LogP contribution in [0.3, 0.4) is 0 Å². The number of benzene rings is 1. The van der Waals surface area contributed by atoms with Crippen molar-refractivity contribution >= 4 is 23.2 Å². The quantitative estimate of drug-likeness (QED) is 0.803. The Balaban J connectivity index is 1.87. The number of carboxylic acids is 1. The Morgan fingerprint density at radius 2 is 2.05 bits per heavy atom. The molecular weight excluding hydrogens is 292 g/mol. The van der Waals surface area contributed by atoms with Crippen LogP contribution in [0.2, 0.25) is 5.02 Å². The largest absolute Gasteiger partial charge is 0.486 e. The highest BCUT2D eigenvalue weighted by Gasteiger charge is 2.11. The lowest BCUT2D eigenvalue weighted by atomic mass is 10.3. The number of ether oxygens (including phenoxy) is 1. The SMILES string of the molecule is O=C(O)c1cccc2nc(COc3ccccc3Cl)cn12. The number of imidazole rings is 1. The van der Waals surface area contributed by atoms with Crippen LogP contribution in [0.4, 0.5) is 0 Å². The fraction of sp³-hybridized carbons (Fsp3) is 0.0667. The number of halogens is 1. The first-order chi connectivity index (χ1) is 10.1. The lowest BCUT2D eigenvalue weighted by Crippen LogP contribution is -2.03. The molecule has 0 aliphatic carbocycles. The first kappa shape index (κ1) is 13.5. The monoisotopic (exact) mass is 302 g/mol. The van der Waals surface area contributed by atoms with Gasteiger partial charge in [-0.05, 0) is 24.3 Å². The van der Waals surface area contributed by atoms with Crippen molar-refractivity contribution in [2.24, 2.45) is 0 Å². The molecule has 0 spiro atoms. The summed E-state index contributed by atoms with van der Waals surface area (Å²) in [5.41, 5.74) is 1.35. The Hall–Kier alpha value is -2.53. The third-order valence-electron chi connectivity index (χ3n) is 2.97. The predicted octanol–water partition coefficient (Wildman–Crippen LogP) is 3.26. The molecule has 3 rings (SSSR count). The van der Waals surface area contributed by atoms with Crippen LogP contribution in [0.5, 0.6) is 5.75 Å². The van der Waals surface area contributed by atoms with E-state index in [9.17, 15) is 4.79 Å². The van der Waals surface area contributed by atoms with Crippen molar-refractivity contribution in [3.05, 3.63) is 65.1 Å². The van der Waals surface area contributed by atoms with Gasteiger partial charge in [0.1, 0.15) is 23.7 Å². The lowest BCUT2D eigenvalue weighted by molar-refractivity contribution is 0.0689. The van der Waals surface area contributed by atoms with Crippen LogP contribution in [0, 0.1) is 0 Å². The Bertz CT molecular complexity index is 814. The topological polar surface area (TPSA) is 63.8 Å². The van der Waals surface area contributed by atoms with Gasteiger partial charge in [-0.2, -0.15) is 0 Å². The van der Waals surface area contributed by atoms with Crippen molar-refractivity contribution in [2.75, 3.05) is 0 Å². The number of carbonyl (C=O) groups is 1. The maximum absolute atomic E-state index is 11.2. The summed E-state index contributed by atoms with van der Waals surface area (Å²) < 4.78 is 7.12. The summed E-state index contributed by atoms with van der Waals surface area (Å²) in [4.78, 5) is 15.5. The van der Waals surface area contributed by atoms with Crippen LogP contribution in [0.15, 0.2) is 48.7 Å². The Morgan fingerprint density at radius 3 is 2.81 bits per heavy atom. The third-order valence-corrected chi connectivity index (χ3v) is 3.29. The van der Waals surface area contributed by atoms with E-state index in [1.165, 1.54) is 10.5 Å². The molecule has 0 fully saturated rings. The fourth-order valence-electron chi connectivity index (χ4n) is 2.02. The van der Waals surface area contributed by atoms with E-state index in [1.54, 1.807) is 30.5 Å². The highest BCUT2D eigenvalue weighted by atomic mass is 35.5. The molecule has 2 heterocycles. The van der Waals surface area contributed by atoms with Crippen LogP contribution in [-0.4, -0.2) is 20.5 Å². The number of aromatic carboxylic acids is 1. The number of hydrogen-bond acceptors (Lipinski definition) is 3. The highest BCUT2D eigenvalue weighted by molar-refractivity contribution is 6.32. The van der Waals surface area contributed by atoms with E-state index < -0.39 is 5.97 Å². The van der Waals surface area contributed by atoms with Gasteiger partial charge in [0.15, 0.2) is 0 Å². The van der Waals surface area contributed by atoms with E-state index in [1.807, 2.05) is 12.1 Å². The van der Waals surface area contributed by atoms with E-state index in [4.69, 9.17) is 21.4 Å². The molecule has 0 unspecified atom stereocenters. The number of para-hydroxylation sites is 1. The first-order valence-corrected chi connectivity index (χ1v) is 6.60. The molecule has 21 heavy (non-hydrogen) atoms. The Morgan fingerprint density at radius 1 is 1.24 bits per heavy atom. The minimum Gasteiger partial charge on any atom is -0.486 e. The molecule has 2 aromatic heterocycles. The maximum atomic E-state index is 11.2. The molecule has 0 saturated carbocycles. The van der Waals surface area contributed by atoms with Gasteiger partial charge in [-0.3, -0.25) is 4.40 Å². The van der Waals surface area contributed by atoms with Crippen molar-refractivity contribution in [1.29, 1.82) is 0 Å². The minimum atomic E-state index is -1.00. The molecule has 0 radical (unpaired) electrons. The molecule has 106 valence electrons. The number of rotatable bonds is 4. The molecule has 6 heteroatoms. The molecule has 0 saturated heterocycles. The molecule has 0 atom stereocenters. The summed E-state index contributed by atoms with van der Waals surface area (Å²) in [7, 11) is 0. The van der Waals surface area contributed by atoms with Crippen LogP contribution in [0.25, 0.3) is 5.65 Å². The second-order valence-corrected chi connectivity index (χ2v) is 4.80. The van der Waals surface area contributed by atoms with E-state index in [-0.39, 0.29) is 12.3 Å². The number of hydrogen-bond donors (Lipinski definition) is 1. The molecular formula is C15H11ClN2O3. The van der Waals surface area contributed by atoms with Gasteiger partial charge < -0.3 is 9.84 Å². The molecule has 0 bridgehead atoms. The summed E-state index contributed by atoms with van der Waals surface area (Å²) in [5.74, 6) is -0.439. The second kappa shape index (κ2) is 5.46. The fourth-order valence-corrected chi connectivity index (χ4v) is 2.21. The van der Waals surface area contributed by atoms with Gasteiger partial charge in [-0.15, -0.1) is 0 Å². The van der Waals surface area contributed by atoms with E-state index in [0.717, 1.165) is 0 Å². The average molecular weight is 303 g/mol. The summed E-state index contributed by atoms with van der Waals surface area (Å²) in [6.07, 6.45) is 1.65. The predicted molar refractivity (Wildman–Crippen MR) is 77.9 cm³/mol. The molecule has 3 aromatic rings. The van der Waals surface area contributed by atoms with Crippen molar-refractivity contribution in [1.82, 2.24) is 9.38 Å². The number of fused-ring (bicyclic) bond motifs is 1. The zero-order valence-corrected chi connectivity index (χ0v) is 11.6. The van der Waals surface area contributed by atoms with Gasteiger partial charge >= 0.3 is 5.97 Å². The first-order valence-electron chi connectivity index (χ1n) is 6.23. The molecule has 5 nitrogen and oxygen atoms in total. The number of nitrogens with zero attached hydrogens (tertiary/aromatic N) is 2. The van der Waals surface area contributed by atoms with E-state index in [0.29, 0.717) is 22.1 Å². The van der Waals surface area contributed by atoms with Crippen molar-refractivity contribution < 1.29 is 14.6 Å². The van der Waals surface area contributed by atoms with Gasteiger partial charge in [0.2, 0.25) is 0 Å². The van der Waals surface area contributed by atoms with Crippen molar-refractivity contribution in [2.45, 2.75) is 6.61 Å². The van der Waals surface area contributed by atoms with Crippen LogP contribution < -0.4 is 4.74 Å². The number of aromatic nitrogens is 2. The molecule has 1 aromatic carbocycles. The number of carboxylic acid groups (broad SMARTS) is 1. The Labute approximate surface area is 125 Å². The minimum absolute atomic E-state index is 0.156. The van der Waals surface area contributed by atoms with E-state index in [2.05, 4.69) is 4.98 Å². The van der Waals surface area contributed by atoms with Crippen molar-refractivity contribution in [3.63, 3.8) is 0 Å². The highest BCUT2D eigenvalue weighted by Crippen LogP contribution is 2.24. The van der Waals surface area contributed by atoms with Gasteiger partial charge in [-0.1, -0.05) is 29.8 Å². The standard InChI is InChI=1S/C15H11ClN2O3/c16-11-4-1-2-6-13(11)21-9-10-8-18-12(15(19)20)5-3-7-14(18)17-10/h1-8H,9H2,(H,19,20). The lowest BCUT2D eigenvalue weighted by Gasteiger charge is -2.05. The van der Waals surface area contributed by atoms with Crippen LogP contribution in [-0.2, 0) is 6.61 Å². The van der Waals surface area contributed by atoms with Gasteiger partial charge in [0, 0.05) is 6.20 Å². The summed E-state index contributed by atoms with van der Waals surface area (Å²) >= 11 is 6.01.